The third kappa shape index (κ3) is 14.3. The lowest BCUT2D eigenvalue weighted by atomic mass is 9.98. The fourth-order valence-electron chi connectivity index (χ4n) is 4.47. The van der Waals surface area contributed by atoms with Gasteiger partial charge in [-0.1, -0.05) is 25.9 Å². The van der Waals surface area contributed by atoms with Crippen molar-refractivity contribution in [3.8, 4) is 11.5 Å². The number of amides is 1. The summed E-state index contributed by atoms with van der Waals surface area (Å²) in [7, 11) is -2.58. The molecule has 5 atom stereocenters. The first-order valence-corrected chi connectivity index (χ1v) is 19.5. The van der Waals surface area contributed by atoms with E-state index in [9.17, 15) is 24.0 Å². The van der Waals surface area contributed by atoms with Gasteiger partial charge < -0.3 is 47.6 Å². The second-order valence-electron chi connectivity index (χ2n) is 13.1. The minimum atomic E-state index is -2.58. The van der Waals surface area contributed by atoms with Gasteiger partial charge in [-0.2, -0.15) is 0 Å². The van der Waals surface area contributed by atoms with Gasteiger partial charge in [0.1, 0.15) is 18.5 Å². The van der Waals surface area contributed by atoms with E-state index in [0.29, 0.717) is 6.61 Å². The number of azide groups is 1. The van der Waals surface area contributed by atoms with Crippen molar-refractivity contribution in [3.05, 3.63) is 34.2 Å². The monoisotopic (exact) mass is 754 g/mol. The second-order valence-corrected chi connectivity index (χ2v) is 17.9. The zero-order valence-electron chi connectivity index (χ0n) is 31.1. The van der Waals surface area contributed by atoms with Gasteiger partial charge in [-0.3, -0.25) is 24.0 Å². The van der Waals surface area contributed by atoms with Crippen LogP contribution in [0.4, 0.5) is 0 Å². The molecule has 0 spiro atoms. The van der Waals surface area contributed by atoms with Crippen LogP contribution in [0.5, 0.6) is 11.5 Å². The van der Waals surface area contributed by atoms with Crippen molar-refractivity contribution in [2.24, 2.45) is 5.11 Å². The molecule has 1 aliphatic rings. The lowest BCUT2D eigenvalue weighted by molar-refractivity contribution is -0.288. The fourth-order valence-corrected chi connectivity index (χ4v) is 5.49. The Morgan fingerprint density at radius 2 is 1.44 bits per heavy atom. The first kappa shape index (κ1) is 43.7. The minimum absolute atomic E-state index is 0.0890. The second kappa shape index (κ2) is 20.6. The van der Waals surface area contributed by atoms with Crippen LogP contribution >= 0.6 is 0 Å². The summed E-state index contributed by atoms with van der Waals surface area (Å²) < 4.78 is 51.4. The quantitative estimate of drug-likeness (QED) is 0.0405. The topological polar surface area (TPSA) is 229 Å². The van der Waals surface area contributed by atoms with Gasteiger partial charge in [0.15, 0.2) is 18.0 Å². The summed E-state index contributed by atoms with van der Waals surface area (Å²) >= 11 is 0. The van der Waals surface area contributed by atoms with Crippen molar-refractivity contribution in [1.82, 2.24) is 5.32 Å². The van der Waals surface area contributed by atoms with Crippen LogP contribution in [0.25, 0.3) is 10.4 Å². The van der Waals surface area contributed by atoms with E-state index in [2.05, 4.69) is 15.3 Å². The molecule has 0 aliphatic carbocycles. The average molecular weight is 755 g/mol. The third-order valence-electron chi connectivity index (χ3n) is 7.87. The maximum Gasteiger partial charge on any atom is 0.303 e. The predicted octanol–water partition coefficient (Wildman–Crippen LogP) is 3.61. The summed E-state index contributed by atoms with van der Waals surface area (Å²) in [5.41, 5.74) is 8.52. The Bertz CT molecular complexity index is 1450. The Kier molecular flexibility index (Phi) is 17.3. The predicted molar refractivity (Wildman–Crippen MR) is 185 cm³/mol. The summed E-state index contributed by atoms with van der Waals surface area (Å²) in [6, 6.07) is 4.48. The zero-order chi connectivity index (χ0) is 39.1. The summed E-state index contributed by atoms with van der Waals surface area (Å²) in [6.07, 6.45) is -7.01. The van der Waals surface area contributed by atoms with Crippen LogP contribution in [-0.4, -0.2) is 115 Å². The number of benzene rings is 1. The van der Waals surface area contributed by atoms with Crippen molar-refractivity contribution < 1.29 is 66.3 Å². The Morgan fingerprint density at radius 1 is 0.846 bits per heavy atom. The molecular weight excluding hydrogens is 704 g/mol. The van der Waals surface area contributed by atoms with Crippen molar-refractivity contribution in [3.63, 3.8) is 0 Å². The number of esters is 4. The highest BCUT2D eigenvalue weighted by Gasteiger charge is 2.53. The highest BCUT2D eigenvalue weighted by molar-refractivity contribution is 6.74. The molecule has 0 radical (unpaired) electrons. The van der Waals surface area contributed by atoms with E-state index in [1.807, 2.05) is 33.9 Å². The van der Waals surface area contributed by atoms with E-state index in [-0.39, 0.29) is 55.0 Å². The lowest BCUT2D eigenvalue weighted by Crippen LogP contribution is -2.63. The molecular formula is C33H50N4O14Si. The molecule has 1 aliphatic heterocycles. The molecule has 0 saturated carbocycles. The number of hydrogen-bond acceptors (Lipinski definition) is 15. The first-order valence-electron chi connectivity index (χ1n) is 16.6. The fraction of sp³-hybridized carbons (Fsp3) is 0.667. The number of hydrogen-bond donors (Lipinski definition) is 1. The number of rotatable bonds is 19. The van der Waals surface area contributed by atoms with Gasteiger partial charge in [-0.25, -0.2) is 0 Å². The summed E-state index contributed by atoms with van der Waals surface area (Å²) in [6.45, 7) is 15.7. The largest absolute Gasteiger partial charge is 0.541 e. The number of nitrogens with zero attached hydrogens (tertiary/aromatic N) is 3. The normalized spacial score (nSPS) is 20.1. The van der Waals surface area contributed by atoms with E-state index < -0.39 is 75.4 Å². The average Bonchev–Trinajstić information content (AvgIpc) is 3.03. The van der Waals surface area contributed by atoms with Gasteiger partial charge in [0, 0.05) is 51.3 Å². The summed E-state index contributed by atoms with van der Waals surface area (Å²) in [5.74, 6) is -3.15. The molecule has 290 valence electrons. The molecule has 2 rings (SSSR count). The molecule has 0 unspecified atom stereocenters. The number of carbonyl (C=O) groups excluding carboxylic acids is 5. The van der Waals surface area contributed by atoms with Gasteiger partial charge in [0.25, 0.3) is 14.2 Å². The van der Waals surface area contributed by atoms with Crippen LogP contribution in [0, 0.1) is 0 Å². The molecule has 1 heterocycles. The van der Waals surface area contributed by atoms with Gasteiger partial charge in [0.05, 0.1) is 26.4 Å². The Hall–Kier alpha value is -4.42. The molecule has 1 aromatic carbocycles. The van der Waals surface area contributed by atoms with Crippen molar-refractivity contribution in [1.29, 1.82) is 0 Å². The molecule has 19 heteroatoms. The highest BCUT2D eigenvalue weighted by Crippen LogP contribution is 2.41. The molecule has 1 fully saturated rings. The van der Waals surface area contributed by atoms with E-state index in [4.69, 9.17) is 47.9 Å². The third-order valence-corrected chi connectivity index (χ3v) is 12.2. The van der Waals surface area contributed by atoms with Crippen molar-refractivity contribution >= 4 is 38.1 Å². The van der Waals surface area contributed by atoms with Crippen molar-refractivity contribution in [2.75, 3.05) is 46.1 Å². The van der Waals surface area contributed by atoms with Crippen LogP contribution in [0.3, 0.4) is 0 Å². The lowest BCUT2D eigenvalue weighted by Gasteiger charge is -2.44. The van der Waals surface area contributed by atoms with Crippen LogP contribution in [0.1, 0.15) is 58.8 Å². The summed E-state index contributed by atoms with van der Waals surface area (Å²) in [4.78, 5) is 64.2. The maximum atomic E-state index is 13.2. The van der Waals surface area contributed by atoms with E-state index in [1.165, 1.54) is 25.1 Å². The smallest absolute Gasteiger partial charge is 0.303 e. The van der Waals surface area contributed by atoms with Crippen LogP contribution in [-0.2, 0) is 52.3 Å². The molecule has 18 nitrogen and oxygen atoms in total. The molecule has 1 saturated heterocycles. The van der Waals surface area contributed by atoms with Crippen LogP contribution in [0.15, 0.2) is 23.3 Å². The van der Waals surface area contributed by atoms with Gasteiger partial charge in [-0.15, -0.1) is 0 Å². The minimum Gasteiger partial charge on any atom is -0.541 e. The number of carbonyl (C=O) groups is 5. The molecule has 1 aromatic rings. The Balaban J connectivity index is 2.42. The number of nitrogens with one attached hydrogen (secondary N) is 1. The summed E-state index contributed by atoms with van der Waals surface area (Å²) in [5, 5.41) is 5.88. The Morgan fingerprint density at radius 3 is 2.02 bits per heavy atom. The van der Waals surface area contributed by atoms with Crippen molar-refractivity contribution in [2.45, 2.75) is 97.3 Å². The maximum absolute atomic E-state index is 13.2. The van der Waals surface area contributed by atoms with E-state index >= 15 is 0 Å². The number of ether oxygens (including phenoxy) is 8. The Labute approximate surface area is 303 Å². The molecule has 0 aromatic heterocycles. The van der Waals surface area contributed by atoms with Gasteiger partial charge in [0.2, 0.25) is 12.4 Å². The molecule has 52 heavy (non-hydrogen) atoms. The SMILES string of the molecule is CC(=O)OC[C@H]1O[C@@H](Oc2ccc(C(=O)NCCOCCOCCN=[N+]=[N-])cc2O[Si](C)(C)C(C)(C)C)[C@H](OC(C)=O)[C@@H](OC(C)=O)[C@H]1OC(C)=O. The zero-order valence-corrected chi connectivity index (χ0v) is 32.1. The van der Waals surface area contributed by atoms with E-state index in [1.54, 1.807) is 0 Å². The molecule has 0 bridgehead atoms. The van der Waals surface area contributed by atoms with E-state index in [0.717, 1.165) is 20.8 Å². The van der Waals surface area contributed by atoms with Gasteiger partial charge in [-0.05, 0) is 41.9 Å². The van der Waals surface area contributed by atoms with Crippen LogP contribution < -0.4 is 14.5 Å². The van der Waals surface area contributed by atoms with Gasteiger partial charge >= 0.3 is 23.9 Å². The highest BCUT2D eigenvalue weighted by atomic mass is 28.4. The first-order chi connectivity index (χ1) is 24.4. The van der Waals surface area contributed by atoms with Crippen LogP contribution in [0.2, 0.25) is 18.1 Å². The standard InChI is InChI=1S/C33H50N4O14Si/c1-20(38)45-19-27-28(46-21(2)39)29(47-22(3)40)30(48-23(4)41)32(50-27)49-25-11-10-24(18-26(25)51-52(8,9)33(5,6)7)31(42)35-12-14-43-16-17-44-15-13-36-37-34/h10-11,18,27-30,32H,12-17,19H2,1-9H3,(H,35,42)/t27-,28+,29+,30-,32-/m1/s1. The molecule has 1 N–H and O–H groups in total. The molecule has 1 amide bonds.